The number of fused-ring (bicyclic) bond motifs is 9. The molecule has 1 aliphatic carbocycles. The highest BCUT2D eigenvalue weighted by Gasteiger charge is 2.21. The summed E-state index contributed by atoms with van der Waals surface area (Å²) in [7, 11) is 0. The van der Waals surface area contributed by atoms with Gasteiger partial charge in [0.2, 0.25) is 0 Å². The van der Waals surface area contributed by atoms with Gasteiger partial charge >= 0.3 is 0 Å². The molecule has 4 nitrogen and oxygen atoms in total. The van der Waals surface area contributed by atoms with Crippen molar-refractivity contribution in [1.82, 2.24) is 4.57 Å². The number of para-hydroxylation sites is 5. The Labute approximate surface area is 404 Å². The molecule has 0 saturated carbocycles. The monoisotopic (exact) mass is 896 g/mol. The Balaban J connectivity index is 0.810. The van der Waals surface area contributed by atoms with E-state index in [-0.39, 0.29) is 5.92 Å². The van der Waals surface area contributed by atoms with E-state index in [2.05, 4.69) is 234 Å². The van der Waals surface area contributed by atoms with Crippen LogP contribution in [-0.2, 0) is 0 Å². The van der Waals surface area contributed by atoms with Gasteiger partial charge in [-0.1, -0.05) is 164 Å². The normalized spacial score (nSPS) is 13.8. The summed E-state index contributed by atoms with van der Waals surface area (Å²) in [5.74, 6) is 0.243. The fourth-order valence-electron chi connectivity index (χ4n) is 10.9. The summed E-state index contributed by atoms with van der Waals surface area (Å²) >= 11 is 0. The van der Waals surface area contributed by atoms with Gasteiger partial charge in [-0.15, -0.1) is 0 Å². The number of benzene rings is 10. The first-order chi connectivity index (χ1) is 34.7. The van der Waals surface area contributed by atoms with Crippen molar-refractivity contribution < 1.29 is 8.83 Å². The van der Waals surface area contributed by atoms with Crippen molar-refractivity contribution >= 4 is 77.1 Å². The number of hydrogen-bond donors (Lipinski definition) is 0. The van der Waals surface area contributed by atoms with Gasteiger partial charge in [-0.2, -0.15) is 0 Å². The zero-order chi connectivity index (χ0) is 46.1. The van der Waals surface area contributed by atoms with Crippen LogP contribution in [0.5, 0.6) is 0 Å². The number of aromatic nitrogens is 1. The maximum Gasteiger partial charge on any atom is 0.143 e. The third kappa shape index (κ3) is 6.68. The van der Waals surface area contributed by atoms with Crippen molar-refractivity contribution in [2.45, 2.75) is 12.3 Å². The topological polar surface area (TPSA) is 34.5 Å². The van der Waals surface area contributed by atoms with Gasteiger partial charge in [-0.3, -0.25) is 0 Å². The quantitative estimate of drug-likeness (QED) is 0.152. The van der Waals surface area contributed by atoms with E-state index in [1.807, 2.05) is 24.3 Å². The van der Waals surface area contributed by atoms with E-state index in [4.69, 9.17) is 8.83 Å². The smallest absolute Gasteiger partial charge is 0.143 e. The number of furan rings is 2. The molecule has 1 atom stereocenters. The van der Waals surface area contributed by atoms with Crippen LogP contribution < -0.4 is 4.90 Å². The van der Waals surface area contributed by atoms with Gasteiger partial charge in [0.15, 0.2) is 0 Å². The molecular formula is C66H44N2O2. The first-order valence-electron chi connectivity index (χ1n) is 24.1. The number of anilines is 2. The number of rotatable bonds is 8. The Hall–Kier alpha value is -9.12. The fraction of sp³-hybridized carbons (Fsp3) is 0.0303. The van der Waals surface area contributed by atoms with Crippen LogP contribution in [0, 0.1) is 0 Å². The Bertz CT molecular complexity index is 4170. The molecule has 0 fully saturated rings. The van der Waals surface area contributed by atoms with Crippen LogP contribution in [0.15, 0.2) is 263 Å². The molecule has 330 valence electrons. The molecule has 1 unspecified atom stereocenters. The van der Waals surface area contributed by atoms with Crippen LogP contribution in [0.25, 0.3) is 105 Å². The number of nitrogens with zero attached hydrogens (tertiary/aromatic N) is 2. The lowest BCUT2D eigenvalue weighted by molar-refractivity contribution is 0.668. The third-order valence-corrected chi connectivity index (χ3v) is 14.3. The van der Waals surface area contributed by atoms with E-state index < -0.39 is 0 Å². The van der Waals surface area contributed by atoms with Crippen molar-refractivity contribution in [3.8, 4) is 39.1 Å². The highest BCUT2D eigenvalue weighted by Crippen LogP contribution is 2.41. The van der Waals surface area contributed by atoms with E-state index in [0.717, 1.165) is 101 Å². The van der Waals surface area contributed by atoms with Gasteiger partial charge in [0.25, 0.3) is 0 Å². The van der Waals surface area contributed by atoms with Gasteiger partial charge in [-0.25, -0.2) is 0 Å². The lowest BCUT2D eigenvalue weighted by Crippen LogP contribution is -2.17. The maximum absolute atomic E-state index is 6.45. The van der Waals surface area contributed by atoms with Gasteiger partial charge in [-0.05, 0) is 125 Å². The van der Waals surface area contributed by atoms with E-state index >= 15 is 0 Å². The van der Waals surface area contributed by atoms with Crippen molar-refractivity contribution in [2.24, 2.45) is 0 Å². The summed E-state index contributed by atoms with van der Waals surface area (Å²) in [5.41, 5.74) is 18.7. The van der Waals surface area contributed by atoms with Crippen LogP contribution in [0.3, 0.4) is 0 Å². The van der Waals surface area contributed by atoms with E-state index in [1.165, 1.54) is 32.9 Å². The largest absolute Gasteiger partial charge is 0.456 e. The Morgan fingerprint density at radius 2 is 0.957 bits per heavy atom. The molecule has 4 heteroatoms. The maximum atomic E-state index is 6.45. The summed E-state index contributed by atoms with van der Waals surface area (Å²) in [4.78, 5) is 2.39. The first kappa shape index (κ1) is 40.0. The van der Waals surface area contributed by atoms with Crippen LogP contribution in [0.4, 0.5) is 11.4 Å². The molecule has 3 heterocycles. The molecule has 1 aliphatic rings. The molecule has 10 aromatic carbocycles. The van der Waals surface area contributed by atoms with Gasteiger partial charge < -0.3 is 18.3 Å². The highest BCUT2D eigenvalue weighted by atomic mass is 16.3. The predicted octanol–water partition coefficient (Wildman–Crippen LogP) is 18.3. The predicted molar refractivity (Wildman–Crippen MR) is 291 cm³/mol. The van der Waals surface area contributed by atoms with Crippen LogP contribution >= 0.6 is 0 Å². The van der Waals surface area contributed by atoms with Gasteiger partial charge in [0.05, 0.1) is 11.0 Å². The lowest BCUT2D eigenvalue weighted by Gasteiger charge is -2.29. The Morgan fingerprint density at radius 3 is 1.64 bits per heavy atom. The highest BCUT2D eigenvalue weighted by molar-refractivity contribution is 6.11. The van der Waals surface area contributed by atoms with Crippen molar-refractivity contribution in [3.05, 3.63) is 260 Å². The van der Waals surface area contributed by atoms with Crippen LogP contribution in [0.1, 0.15) is 17.9 Å². The second kappa shape index (κ2) is 16.3. The van der Waals surface area contributed by atoms with Crippen LogP contribution in [0.2, 0.25) is 0 Å². The minimum absolute atomic E-state index is 0.243. The molecule has 14 rings (SSSR count). The zero-order valence-corrected chi connectivity index (χ0v) is 38.2. The van der Waals surface area contributed by atoms with Crippen LogP contribution in [-0.4, -0.2) is 4.57 Å². The summed E-state index contributed by atoms with van der Waals surface area (Å²) in [6.07, 6.45) is 7.93. The Kier molecular flexibility index (Phi) is 9.31. The number of hydrogen-bond acceptors (Lipinski definition) is 3. The molecule has 0 N–H and O–H groups in total. The summed E-state index contributed by atoms with van der Waals surface area (Å²) in [6, 6.07) is 82.8. The van der Waals surface area contributed by atoms with E-state index in [9.17, 15) is 0 Å². The summed E-state index contributed by atoms with van der Waals surface area (Å²) < 4.78 is 15.0. The van der Waals surface area contributed by atoms with Gasteiger partial charge in [0.1, 0.15) is 22.3 Å². The molecule has 0 saturated heterocycles. The molecule has 0 radical (unpaired) electrons. The second-order valence-electron chi connectivity index (χ2n) is 18.4. The summed E-state index contributed by atoms with van der Waals surface area (Å²) in [5, 5.41) is 7.11. The van der Waals surface area contributed by atoms with Crippen molar-refractivity contribution in [1.29, 1.82) is 0 Å². The average molecular weight is 897 g/mol. The molecule has 0 amide bonds. The van der Waals surface area contributed by atoms with E-state index in [1.54, 1.807) is 0 Å². The van der Waals surface area contributed by atoms with E-state index in [0.29, 0.717) is 0 Å². The molecule has 70 heavy (non-hydrogen) atoms. The molecule has 13 aromatic rings. The molecule has 0 aliphatic heterocycles. The molecule has 0 spiro atoms. The zero-order valence-electron chi connectivity index (χ0n) is 38.2. The minimum atomic E-state index is 0.243. The molecule has 0 bridgehead atoms. The van der Waals surface area contributed by atoms with Gasteiger partial charge in [0, 0.05) is 66.6 Å². The fourth-order valence-corrected chi connectivity index (χ4v) is 10.9. The Morgan fingerprint density at radius 1 is 0.400 bits per heavy atom. The summed E-state index contributed by atoms with van der Waals surface area (Å²) in [6.45, 7) is 0. The first-order valence-corrected chi connectivity index (χ1v) is 24.1. The average Bonchev–Trinajstić information content (AvgIpc) is 4.11. The minimum Gasteiger partial charge on any atom is -0.456 e. The number of allylic oxidation sites excluding steroid dienone is 3. The second-order valence-corrected chi connectivity index (χ2v) is 18.4. The van der Waals surface area contributed by atoms with Crippen molar-refractivity contribution in [2.75, 3.05) is 4.90 Å². The standard InChI is InChI=1S/C66H44N2O2/c1-5-22-61-55(16-1)56-17-2-6-23-62(56)68(61)53-15-10-13-47(41-53)44-28-35-51(36-29-44)67(52-37-30-45(31-38-52)48-32-39-65-60(42-48)58-19-4-7-24-63(58)69-65)50-33-26-43(27-34-50)46-12-9-14-49(40-46)54-20-11-21-59-57-18-3-8-25-64(57)70-66(54)59/h1-30,32-42,45H,31H2. The lowest BCUT2D eigenvalue weighted by atomic mass is 9.90. The molecular weight excluding hydrogens is 853 g/mol. The van der Waals surface area contributed by atoms with Crippen molar-refractivity contribution in [3.63, 3.8) is 0 Å². The SMILES string of the molecule is C1=CC(c2ccc3oc4ccccc4c3c2)CC=C1N(c1ccc(-c2cccc(-c3cccc4c3oc3ccccc34)c2)cc1)c1ccc(-c2cccc(-n3c4ccccc4c4ccccc43)c2)cc1. The molecule has 3 aromatic heterocycles. The third-order valence-electron chi connectivity index (χ3n) is 14.3.